The largest absolute Gasteiger partial charge is 0.273 e. The molecule has 0 aliphatic heterocycles. The quantitative estimate of drug-likeness (QED) is 0.660. The standard InChI is InChI=1S/C14H17ClN2O/c15-13-8-6-11(7-9-13)10-16-17-14(18)12-4-2-1-3-5-12/h6-10,12H,1-5H2,(H,17,18). The minimum Gasteiger partial charge on any atom is -0.273 e. The van der Waals surface area contributed by atoms with Gasteiger partial charge in [-0.3, -0.25) is 4.79 Å². The zero-order valence-corrected chi connectivity index (χ0v) is 11.0. The number of rotatable bonds is 3. The minimum atomic E-state index is 0.0416. The predicted octanol–water partition coefficient (Wildman–Crippen LogP) is 3.37. The van der Waals surface area contributed by atoms with Crippen molar-refractivity contribution in [3.05, 3.63) is 34.9 Å². The highest BCUT2D eigenvalue weighted by molar-refractivity contribution is 6.30. The van der Waals surface area contributed by atoms with E-state index in [9.17, 15) is 4.79 Å². The molecule has 1 amide bonds. The van der Waals surface area contributed by atoms with E-state index in [1.807, 2.05) is 12.1 Å². The normalized spacial score (nSPS) is 16.9. The molecule has 0 saturated heterocycles. The van der Waals surface area contributed by atoms with Gasteiger partial charge in [0.15, 0.2) is 0 Å². The van der Waals surface area contributed by atoms with E-state index in [0.29, 0.717) is 5.02 Å². The maximum absolute atomic E-state index is 11.8. The predicted molar refractivity (Wildman–Crippen MR) is 73.8 cm³/mol. The molecule has 4 heteroatoms. The summed E-state index contributed by atoms with van der Waals surface area (Å²) in [5.41, 5.74) is 3.53. The Balaban J connectivity index is 1.83. The Morgan fingerprint density at radius 3 is 2.56 bits per heavy atom. The molecule has 0 bridgehead atoms. The van der Waals surface area contributed by atoms with Crippen LogP contribution in [0.3, 0.4) is 0 Å². The van der Waals surface area contributed by atoms with Gasteiger partial charge in [-0.1, -0.05) is 43.0 Å². The van der Waals surface area contributed by atoms with Crippen LogP contribution in [0.25, 0.3) is 0 Å². The summed E-state index contributed by atoms with van der Waals surface area (Å²) in [4.78, 5) is 11.8. The number of nitrogens with zero attached hydrogens (tertiary/aromatic N) is 1. The lowest BCUT2D eigenvalue weighted by Gasteiger charge is -2.19. The third kappa shape index (κ3) is 3.84. The number of hydrogen-bond donors (Lipinski definition) is 1. The van der Waals surface area contributed by atoms with E-state index in [0.717, 1.165) is 31.2 Å². The first-order chi connectivity index (χ1) is 8.75. The molecule has 1 fully saturated rings. The summed E-state index contributed by atoms with van der Waals surface area (Å²) in [5.74, 6) is 0.182. The van der Waals surface area contributed by atoms with Crippen molar-refractivity contribution in [3.8, 4) is 0 Å². The molecule has 1 aromatic rings. The summed E-state index contributed by atoms with van der Waals surface area (Å²) < 4.78 is 0. The van der Waals surface area contributed by atoms with Gasteiger partial charge in [-0.25, -0.2) is 5.43 Å². The van der Waals surface area contributed by atoms with Gasteiger partial charge in [0.1, 0.15) is 0 Å². The fraction of sp³-hybridized carbons (Fsp3) is 0.429. The molecule has 1 saturated carbocycles. The van der Waals surface area contributed by atoms with Crippen LogP contribution in [0.4, 0.5) is 0 Å². The van der Waals surface area contributed by atoms with E-state index >= 15 is 0 Å². The summed E-state index contributed by atoms with van der Waals surface area (Å²) in [6.07, 6.45) is 7.16. The van der Waals surface area contributed by atoms with E-state index in [1.54, 1.807) is 18.3 Å². The van der Waals surface area contributed by atoms with Crippen LogP contribution in [-0.2, 0) is 4.79 Å². The third-order valence-electron chi connectivity index (χ3n) is 3.23. The van der Waals surface area contributed by atoms with Crippen molar-refractivity contribution in [2.24, 2.45) is 11.0 Å². The van der Waals surface area contributed by atoms with Gasteiger partial charge in [-0.15, -0.1) is 0 Å². The summed E-state index contributed by atoms with van der Waals surface area (Å²) in [6.45, 7) is 0. The van der Waals surface area contributed by atoms with Crippen LogP contribution < -0.4 is 5.43 Å². The average molecular weight is 265 g/mol. The number of halogens is 1. The number of nitrogens with one attached hydrogen (secondary N) is 1. The van der Waals surface area contributed by atoms with Gasteiger partial charge < -0.3 is 0 Å². The highest BCUT2D eigenvalue weighted by atomic mass is 35.5. The molecule has 18 heavy (non-hydrogen) atoms. The van der Waals surface area contributed by atoms with Crippen molar-refractivity contribution in [1.29, 1.82) is 0 Å². The first kappa shape index (κ1) is 13.1. The van der Waals surface area contributed by atoms with Crippen LogP contribution in [0.15, 0.2) is 29.4 Å². The van der Waals surface area contributed by atoms with Crippen molar-refractivity contribution in [2.75, 3.05) is 0 Å². The Labute approximate surface area is 112 Å². The van der Waals surface area contributed by atoms with Crippen molar-refractivity contribution in [3.63, 3.8) is 0 Å². The number of amides is 1. The summed E-state index contributed by atoms with van der Waals surface area (Å²) in [5, 5.41) is 4.67. The highest BCUT2D eigenvalue weighted by Gasteiger charge is 2.20. The monoisotopic (exact) mass is 264 g/mol. The van der Waals surface area contributed by atoms with Gasteiger partial charge >= 0.3 is 0 Å². The Morgan fingerprint density at radius 2 is 1.89 bits per heavy atom. The zero-order valence-electron chi connectivity index (χ0n) is 10.2. The lowest BCUT2D eigenvalue weighted by atomic mass is 9.89. The molecule has 1 aliphatic rings. The van der Waals surface area contributed by atoms with Gasteiger partial charge in [0, 0.05) is 10.9 Å². The number of hydrogen-bond acceptors (Lipinski definition) is 2. The van der Waals surface area contributed by atoms with Crippen LogP contribution in [0.2, 0.25) is 5.02 Å². The van der Waals surface area contributed by atoms with Crippen LogP contribution in [0, 0.1) is 5.92 Å². The van der Waals surface area contributed by atoms with Crippen molar-refractivity contribution in [2.45, 2.75) is 32.1 Å². The fourth-order valence-electron chi connectivity index (χ4n) is 2.18. The average Bonchev–Trinajstić information content (AvgIpc) is 2.42. The first-order valence-electron chi connectivity index (χ1n) is 6.34. The van der Waals surface area contributed by atoms with Gasteiger partial charge in [-0.05, 0) is 30.5 Å². The summed E-state index contributed by atoms with van der Waals surface area (Å²) in [6, 6.07) is 7.31. The van der Waals surface area contributed by atoms with E-state index in [-0.39, 0.29) is 11.8 Å². The first-order valence-corrected chi connectivity index (χ1v) is 6.72. The van der Waals surface area contributed by atoms with Gasteiger partial charge in [0.25, 0.3) is 0 Å². The van der Waals surface area contributed by atoms with E-state index in [4.69, 9.17) is 11.6 Å². The lowest BCUT2D eigenvalue weighted by molar-refractivity contribution is -0.125. The Morgan fingerprint density at radius 1 is 1.22 bits per heavy atom. The molecular formula is C14H17ClN2O. The highest BCUT2D eigenvalue weighted by Crippen LogP contribution is 2.23. The molecule has 3 nitrogen and oxygen atoms in total. The second-order valence-corrected chi connectivity index (χ2v) is 5.06. The molecular weight excluding hydrogens is 248 g/mol. The maximum Gasteiger partial charge on any atom is 0.243 e. The smallest absolute Gasteiger partial charge is 0.243 e. The Hall–Kier alpha value is -1.35. The van der Waals surface area contributed by atoms with Crippen molar-refractivity contribution in [1.82, 2.24) is 5.43 Å². The Bertz CT molecular complexity index is 422. The lowest BCUT2D eigenvalue weighted by Crippen LogP contribution is -2.28. The van der Waals surface area contributed by atoms with Crippen LogP contribution in [0.5, 0.6) is 0 Å². The molecule has 0 heterocycles. The van der Waals surface area contributed by atoms with Crippen molar-refractivity contribution >= 4 is 23.7 Å². The maximum atomic E-state index is 11.8. The molecule has 0 atom stereocenters. The number of hydrazone groups is 1. The summed E-state index contributed by atoms with van der Waals surface area (Å²) >= 11 is 5.78. The number of benzene rings is 1. The van der Waals surface area contributed by atoms with Crippen LogP contribution >= 0.6 is 11.6 Å². The van der Waals surface area contributed by atoms with Crippen LogP contribution in [0.1, 0.15) is 37.7 Å². The molecule has 0 aromatic heterocycles. The SMILES string of the molecule is O=C(NN=Cc1ccc(Cl)cc1)C1CCCCC1. The second kappa shape index (κ2) is 6.55. The van der Waals surface area contributed by atoms with Gasteiger partial charge in [0.05, 0.1) is 6.21 Å². The fourth-order valence-corrected chi connectivity index (χ4v) is 2.30. The van der Waals surface area contributed by atoms with Crippen LogP contribution in [-0.4, -0.2) is 12.1 Å². The van der Waals surface area contributed by atoms with Gasteiger partial charge in [0.2, 0.25) is 5.91 Å². The summed E-state index contributed by atoms with van der Waals surface area (Å²) in [7, 11) is 0. The molecule has 0 unspecified atom stereocenters. The number of carbonyl (C=O) groups excluding carboxylic acids is 1. The Kier molecular flexibility index (Phi) is 4.76. The van der Waals surface area contributed by atoms with E-state index < -0.39 is 0 Å². The van der Waals surface area contributed by atoms with Gasteiger partial charge in [-0.2, -0.15) is 5.10 Å². The van der Waals surface area contributed by atoms with E-state index in [2.05, 4.69) is 10.5 Å². The second-order valence-electron chi connectivity index (χ2n) is 4.62. The molecule has 0 spiro atoms. The minimum absolute atomic E-state index is 0.0416. The van der Waals surface area contributed by atoms with Crippen molar-refractivity contribution < 1.29 is 4.79 Å². The van der Waals surface area contributed by atoms with E-state index in [1.165, 1.54) is 6.42 Å². The molecule has 1 N–H and O–H groups in total. The molecule has 96 valence electrons. The zero-order chi connectivity index (χ0) is 12.8. The number of carbonyl (C=O) groups is 1. The molecule has 1 aromatic carbocycles. The molecule has 0 radical (unpaired) electrons. The molecule has 2 rings (SSSR count). The third-order valence-corrected chi connectivity index (χ3v) is 3.49. The topological polar surface area (TPSA) is 41.5 Å². The molecule has 1 aliphatic carbocycles.